The van der Waals surface area contributed by atoms with Gasteiger partial charge >= 0.3 is 0 Å². The maximum atomic E-state index is 3.73. The lowest BCUT2D eigenvalue weighted by molar-refractivity contribution is 0.355. The molecule has 0 aromatic heterocycles. The van der Waals surface area contributed by atoms with Gasteiger partial charge in [-0.1, -0.05) is 37.4 Å². The molecule has 0 atom stereocenters. The van der Waals surface area contributed by atoms with Gasteiger partial charge in [-0.05, 0) is 52.0 Å². The molecule has 0 aliphatic carbocycles. The van der Waals surface area contributed by atoms with Crippen molar-refractivity contribution in [1.82, 2.24) is 4.90 Å². The molecule has 0 heterocycles. The minimum absolute atomic E-state index is 0. The van der Waals surface area contributed by atoms with E-state index in [-0.39, 0.29) is 1.43 Å². The summed E-state index contributed by atoms with van der Waals surface area (Å²) in [4.78, 5) is 2.15. The molecule has 1 rings (SSSR count). The molecule has 0 spiro atoms. The molecule has 2 heteroatoms. The van der Waals surface area contributed by atoms with Crippen LogP contribution in [0.15, 0.2) is 67.4 Å². The molecule has 21 heavy (non-hydrogen) atoms. The molecule has 1 N–H and O–H groups in total. The van der Waals surface area contributed by atoms with Crippen molar-refractivity contribution in [2.45, 2.75) is 39.8 Å². The first kappa shape index (κ1) is 19.0. The summed E-state index contributed by atoms with van der Waals surface area (Å²) in [5.41, 5.74) is 2.30. The quantitative estimate of drug-likeness (QED) is 0.711. The summed E-state index contributed by atoms with van der Waals surface area (Å²) in [5, 5.41) is 3.30. The van der Waals surface area contributed by atoms with Gasteiger partial charge in [-0.3, -0.25) is 0 Å². The highest BCUT2D eigenvalue weighted by Gasteiger charge is 2.02. The fraction of sp³-hybridized carbons (Fsp3) is 0.368. The number of nitrogens with one attached hydrogen (secondary N) is 1. The van der Waals surface area contributed by atoms with Crippen molar-refractivity contribution in [3.8, 4) is 0 Å². The molecule has 1 aromatic carbocycles. The highest BCUT2D eigenvalue weighted by molar-refractivity contribution is 5.42. The smallest absolute Gasteiger partial charge is 0.0359 e. The van der Waals surface area contributed by atoms with Gasteiger partial charge in [0.25, 0.3) is 0 Å². The molecule has 0 radical (unpaired) electrons. The summed E-state index contributed by atoms with van der Waals surface area (Å²) in [6.07, 6.45) is 5.56. The largest absolute Gasteiger partial charge is 0.383 e. The normalized spacial score (nSPS) is 10.7. The average molecular weight is 288 g/mol. The van der Waals surface area contributed by atoms with Crippen molar-refractivity contribution in [1.29, 1.82) is 0 Å². The van der Waals surface area contributed by atoms with Gasteiger partial charge in [0.1, 0.15) is 0 Å². The maximum Gasteiger partial charge on any atom is 0.0359 e. The fourth-order valence-electron chi connectivity index (χ4n) is 1.62. The van der Waals surface area contributed by atoms with Crippen LogP contribution in [0.4, 0.5) is 5.69 Å². The highest BCUT2D eigenvalue weighted by Crippen LogP contribution is 2.07. The van der Waals surface area contributed by atoms with Gasteiger partial charge in [0.2, 0.25) is 0 Å². The van der Waals surface area contributed by atoms with Crippen LogP contribution in [0, 0.1) is 0 Å². The molecule has 0 unspecified atom stereocenters. The third-order valence-electron chi connectivity index (χ3n) is 2.91. The maximum absolute atomic E-state index is 3.73. The number of anilines is 1. The lowest BCUT2D eigenvalue weighted by atomic mass is 10.2. The van der Waals surface area contributed by atoms with Crippen molar-refractivity contribution in [2.75, 3.05) is 12.4 Å². The lowest BCUT2D eigenvalue weighted by Gasteiger charge is -2.24. The first-order valence-electron chi connectivity index (χ1n) is 7.41. The van der Waals surface area contributed by atoms with Crippen LogP contribution in [0.5, 0.6) is 0 Å². The van der Waals surface area contributed by atoms with Crippen LogP contribution in [-0.2, 0) is 0 Å². The van der Waals surface area contributed by atoms with E-state index in [1.807, 2.05) is 37.4 Å². The standard InChI is InChI=1S/C10H17N.C9H13N.H2/c1-6-8-10(7-2)11(5)9(3)4;1-8(2)10-9-6-4-3-5-7-9;/h6-9H,1-2H2,3-5H3;3-8,10H,1-2H3;1H/b10-8+;;. The minimum atomic E-state index is 0. The molecule has 0 bridgehead atoms. The fourth-order valence-corrected chi connectivity index (χ4v) is 1.62. The van der Waals surface area contributed by atoms with E-state index in [4.69, 9.17) is 0 Å². The van der Waals surface area contributed by atoms with Crippen LogP contribution in [0.2, 0.25) is 0 Å². The molecule has 0 fully saturated rings. The Kier molecular flexibility index (Phi) is 9.78. The summed E-state index contributed by atoms with van der Waals surface area (Å²) in [7, 11) is 2.04. The number of benzene rings is 1. The molecule has 0 aliphatic rings. The van der Waals surface area contributed by atoms with Gasteiger partial charge in [0.15, 0.2) is 0 Å². The van der Waals surface area contributed by atoms with Crippen LogP contribution in [0.3, 0.4) is 0 Å². The van der Waals surface area contributed by atoms with Crippen molar-refractivity contribution in [3.63, 3.8) is 0 Å². The zero-order valence-electron chi connectivity index (χ0n) is 14.1. The highest BCUT2D eigenvalue weighted by atomic mass is 15.1. The number of hydrogen-bond acceptors (Lipinski definition) is 2. The number of allylic oxidation sites excluding steroid dienone is 3. The minimum Gasteiger partial charge on any atom is -0.383 e. The number of nitrogens with zero attached hydrogens (tertiary/aromatic N) is 1. The zero-order chi connectivity index (χ0) is 16.3. The molecule has 0 saturated heterocycles. The second-order valence-electron chi connectivity index (χ2n) is 5.40. The molecule has 1 aromatic rings. The Morgan fingerprint density at radius 3 is 2.10 bits per heavy atom. The molecule has 0 amide bonds. The van der Waals surface area contributed by atoms with Gasteiger partial charge in [-0.15, -0.1) is 0 Å². The van der Waals surface area contributed by atoms with E-state index in [0.717, 1.165) is 5.70 Å². The van der Waals surface area contributed by atoms with Crippen LogP contribution < -0.4 is 5.32 Å². The number of hydrogen-bond donors (Lipinski definition) is 1. The van der Waals surface area contributed by atoms with Gasteiger partial charge in [0.05, 0.1) is 0 Å². The van der Waals surface area contributed by atoms with Gasteiger partial charge in [-0.2, -0.15) is 0 Å². The second kappa shape index (κ2) is 10.8. The Hall–Kier alpha value is -1.96. The lowest BCUT2D eigenvalue weighted by Crippen LogP contribution is -2.24. The van der Waals surface area contributed by atoms with E-state index < -0.39 is 0 Å². The third kappa shape index (κ3) is 8.74. The van der Waals surface area contributed by atoms with E-state index >= 15 is 0 Å². The van der Waals surface area contributed by atoms with E-state index in [0.29, 0.717) is 12.1 Å². The van der Waals surface area contributed by atoms with E-state index in [1.54, 1.807) is 6.08 Å². The summed E-state index contributed by atoms with van der Waals surface area (Å²) in [5.74, 6) is 0. The Bertz CT molecular complexity index is 436. The molecular weight excluding hydrogens is 256 g/mol. The molecule has 0 aliphatic heterocycles. The summed E-state index contributed by atoms with van der Waals surface area (Å²) in [6.45, 7) is 15.9. The van der Waals surface area contributed by atoms with E-state index in [2.05, 4.69) is 63.2 Å². The monoisotopic (exact) mass is 288 g/mol. The van der Waals surface area contributed by atoms with Crippen molar-refractivity contribution >= 4 is 5.69 Å². The number of likely N-dealkylation sites (N-methyl/N-ethyl adjacent to an activating group) is 1. The van der Waals surface area contributed by atoms with Gasteiger partial charge in [0, 0.05) is 31.9 Å². The Morgan fingerprint density at radius 1 is 1.14 bits per heavy atom. The predicted octanol–water partition coefficient (Wildman–Crippen LogP) is 5.34. The first-order valence-corrected chi connectivity index (χ1v) is 7.41. The van der Waals surface area contributed by atoms with Crippen molar-refractivity contribution in [3.05, 3.63) is 67.4 Å². The molecule has 2 nitrogen and oxygen atoms in total. The van der Waals surface area contributed by atoms with E-state index in [1.165, 1.54) is 5.69 Å². The van der Waals surface area contributed by atoms with Crippen molar-refractivity contribution < 1.29 is 1.43 Å². The topological polar surface area (TPSA) is 15.3 Å². The average Bonchev–Trinajstić information content (AvgIpc) is 2.45. The molecular formula is C19H32N2. The Labute approximate surface area is 132 Å². The van der Waals surface area contributed by atoms with E-state index in [9.17, 15) is 0 Å². The summed E-state index contributed by atoms with van der Waals surface area (Å²) >= 11 is 0. The molecule has 118 valence electrons. The zero-order valence-corrected chi connectivity index (χ0v) is 14.1. The predicted molar refractivity (Wildman–Crippen MR) is 98.7 cm³/mol. The van der Waals surface area contributed by atoms with Crippen LogP contribution in [0.1, 0.15) is 29.1 Å². The van der Waals surface area contributed by atoms with Gasteiger partial charge in [-0.25, -0.2) is 0 Å². The van der Waals surface area contributed by atoms with Crippen LogP contribution in [0.25, 0.3) is 0 Å². The Morgan fingerprint density at radius 2 is 1.71 bits per heavy atom. The van der Waals surface area contributed by atoms with Crippen LogP contribution >= 0.6 is 0 Å². The van der Waals surface area contributed by atoms with Crippen LogP contribution in [-0.4, -0.2) is 24.0 Å². The second-order valence-corrected chi connectivity index (χ2v) is 5.40. The summed E-state index contributed by atoms with van der Waals surface area (Å²) in [6, 6.07) is 11.2. The van der Waals surface area contributed by atoms with Gasteiger partial charge < -0.3 is 10.2 Å². The number of para-hydroxylation sites is 1. The summed E-state index contributed by atoms with van der Waals surface area (Å²) < 4.78 is 0. The third-order valence-corrected chi connectivity index (χ3v) is 2.91. The first-order chi connectivity index (χ1) is 9.92. The number of rotatable bonds is 6. The van der Waals surface area contributed by atoms with Crippen molar-refractivity contribution in [2.24, 2.45) is 0 Å². The Balaban J connectivity index is 0. The molecule has 0 saturated carbocycles. The SMILES string of the molecule is C=C/C=C(\C=C)N(C)C(C)C.CC(C)Nc1ccccc1.[HH].